The van der Waals surface area contributed by atoms with Gasteiger partial charge in [-0.15, -0.1) is 0 Å². The van der Waals surface area contributed by atoms with Gasteiger partial charge in [0.05, 0.1) is 0 Å². The number of nitrogens with one attached hydrogen (secondary N) is 2. The maximum atomic E-state index is 11.9. The van der Waals surface area contributed by atoms with Gasteiger partial charge in [0.1, 0.15) is 5.54 Å². The van der Waals surface area contributed by atoms with Gasteiger partial charge in [-0.25, -0.2) is 0 Å². The zero-order valence-electron chi connectivity index (χ0n) is 7.88. The first-order chi connectivity index (χ1) is 6.72. The molecule has 0 bridgehead atoms. The van der Waals surface area contributed by atoms with Crippen molar-refractivity contribution in [2.75, 3.05) is 13.1 Å². The van der Waals surface area contributed by atoms with Crippen LogP contribution in [0.15, 0.2) is 0 Å². The van der Waals surface area contributed by atoms with E-state index < -0.39 is 5.54 Å². The minimum absolute atomic E-state index is 0.0805. The molecule has 0 saturated carbocycles. The second kappa shape index (κ2) is 2.67. The molecule has 0 radical (unpaired) electrons. The van der Waals surface area contributed by atoms with Crippen LogP contribution in [-0.4, -0.2) is 40.6 Å². The van der Waals surface area contributed by atoms with Crippen LogP contribution in [0.3, 0.4) is 0 Å². The summed E-state index contributed by atoms with van der Waals surface area (Å²) in [4.78, 5) is 14.3. The largest absolute Gasteiger partial charge is 0.347 e. The Morgan fingerprint density at radius 1 is 1.50 bits per heavy atom. The van der Waals surface area contributed by atoms with Gasteiger partial charge in [0.2, 0.25) is 0 Å². The van der Waals surface area contributed by atoms with E-state index in [1.807, 2.05) is 0 Å². The van der Waals surface area contributed by atoms with Crippen molar-refractivity contribution in [2.24, 2.45) is 0 Å². The molecular formula is C9H13N3OS. The monoisotopic (exact) mass is 211 g/mol. The lowest BCUT2D eigenvalue weighted by Gasteiger charge is -2.28. The number of rotatable bonds is 0. The second-order valence-corrected chi connectivity index (χ2v) is 4.73. The molecule has 1 amide bonds. The van der Waals surface area contributed by atoms with Gasteiger partial charge in [-0.2, -0.15) is 0 Å². The van der Waals surface area contributed by atoms with Crippen LogP contribution in [0.2, 0.25) is 0 Å². The number of carbonyl (C=O) groups excluding carboxylic acids is 1. The van der Waals surface area contributed by atoms with Crippen LogP contribution in [0.5, 0.6) is 0 Å². The normalized spacial score (nSPS) is 41.6. The number of hydrogen-bond acceptors (Lipinski definition) is 3. The first kappa shape index (κ1) is 8.61. The Morgan fingerprint density at radius 3 is 3.07 bits per heavy atom. The molecule has 2 atom stereocenters. The highest BCUT2D eigenvalue weighted by Crippen LogP contribution is 2.37. The maximum Gasteiger partial charge on any atom is 0.253 e. The Morgan fingerprint density at radius 2 is 2.36 bits per heavy atom. The average molecular weight is 211 g/mol. The van der Waals surface area contributed by atoms with E-state index in [1.54, 1.807) is 0 Å². The number of hydrogen-bond donors (Lipinski definition) is 2. The van der Waals surface area contributed by atoms with Crippen molar-refractivity contribution in [3.05, 3.63) is 0 Å². The lowest BCUT2D eigenvalue weighted by Crippen LogP contribution is -2.54. The summed E-state index contributed by atoms with van der Waals surface area (Å²) in [6, 6.07) is 0.364. The standard InChI is InChI=1S/C9H13N3OS/c13-7-9(11-8(14)10-7)3-5-12-4-1-2-6(9)12/h6H,1-5H2,(H2,10,11,13,14). The Bertz CT molecular complexity index is 319. The van der Waals surface area contributed by atoms with Crippen molar-refractivity contribution in [1.82, 2.24) is 15.5 Å². The molecule has 3 aliphatic rings. The molecule has 0 aliphatic carbocycles. The highest BCUT2D eigenvalue weighted by atomic mass is 32.1. The van der Waals surface area contributed by atoms with Crippen molar-refractivity contribution in [3.8, 4) is 0 Å². The van der Waals surface area contributed by atoms with E-state index in [-0.39, 0.29) is 5.91 Å². The Labute approximate surface area is 88.0 Å². The van der Waals surface area contributed by atoms with Crippen LogP contribution >= 0.6 is 12.2 Å². The summed E-state index contributed by atoms with van der Waals surface area (Å²) in [6.45, 7) is 2.15. The third kappa shape index (κ3) is 0.914. The predicted octanol–water partition coefficient (Wildman–Crippen LogP) is -0.402. The zero-order valence-corrected chi connectivity index (χ0v) is 8.69. The summed E-state index contributed by atoms with van der Waals surface area (Å²) >= 11 is 5.00. The van der Waals surface area contributed by atoms with E-state index in [1.165, 1.54) is 6.42 Å². The van der Waals surface area contributed by atoms with Crippen LogP contribution in [0, 0.1) is 0 Å². The summed E-state index contributed by atoms with van der Waals surface area (Å²) in [5.74, 6) is 0.0805. The third-order valence-electron chi connectivity index (χ3n) is 3.69. The summed E-state index contributed by atoms with van der Waals surface area (Å²) in [5, 5.41) is 6.40. The Hall–Kier alpha value is -0.680. The van der Waals surface area contributed by atoms with Gasteiger partial charge in [0, 0.05) is 12.6 Å². The minimum atomic E-state index is -0.395. The molecule has 14 heavy (non-hydrogen) atoms. The molecule has 3 saturated heterocycles. The first-order valence-corrected chi connectivity index (χ1v) is 5.51. The second-order valence-electron chi connectivity index (χ2n) is 4.32. The SMILES string of the molecule is O=C1NC(=S)NC12CCN1CCCC12. The van der Waals surface area contributed by atoms with E-state index in [0.29, 0.717) is 11.2 Å². The number of carbonyl (C=O) groups is 1. The Kier molecular flexibility index (Phi) is 1.64. The van der Waals surface area contributed by atoms with Crippen molar-refractivity contribution >= 4 is 23.2 Å². The predicted molar refractivity (Wildman–Crippen MR) is 55.8 cm³/mol. The number of amides is 1. The summed E-state index contributed by atoms with van der Waals surface area (Å²) in [7, 11) is 0. The molecule has 3 fully saturated rings. The lowest BCUT2D eigenvalue weighted by molar-refractivity contribution is -0.124. The van der Waals surface area contributed by atoms with Gasteiger partial charge in [0.15, 0.2) is 5.11 Å². The van der Waals surface area contributed by atoms with Gasteiger partial charge in [0.25, 0.3) is 5.91 Å². The molecule has 5 heteroatoms. The first-order valence-electron chi connectivity index (χ1n) is 5.10. The van der Waals surface area contributed by atoms with Gasteiger partial charge in [-0.1, -0.05) is 0 Å². The molecule has 2 unspecified atom stereocenters. The molecule has 0 aromatic heterocycles. The van der Waals surface area contributed by atoms with E-state index in [4.69, 9.17) is 12.2 Å². The van der Waals surface area contributed by atoms with Crippen LogP contribution in [0.4, 0.5) is 0 Å². The van der Waals surface area contributed by atoms with Crippen molar-refractivity contribution in [1.29, 1.82) is 0 Å². The fraction of sp³-hybridized carbons (Fsp3) is 0.778. The minimum Gasteiger partial charge on any atom is -0.347 e. The molecule has 76 valence electrons. The molecular weight excluding hydrogens is 198 g/mol. The van der Waals surface area contributed by atoms with Gasteiger partial charge in [-0.05, 0) is 38.0 Å². The highest BCUT2D eigenvalue weighted by Gasteiger charge is 2.57. The molecule has 4 nitrogen and oxygen atoms in total. The van der Waals surface area contributed by atoms with Crippen LogP contribution in [0.1, 0.15) is 19.3 Å². The van der Waals surface area contributed by atoms with Gasteiger partial charge in [-0.3, -0.25) is 9.69 Å². The summed E-state index contributed by atoms with van der Waals surface area (Å²) < 4.78 is 0. The molecule has 1 spiro atoms. The fourth-order valence-electron chi connectivity index (χ4n) is 3.05. The quantitative estimate of drug-likeness (QED) is 0.535. The van der Waals surface area contributed by atoms with Gasteiger partial charge >= 0.3 is 0 Å². The van der Waals surface area contributed by atoms with Gasteiger partial charge < -0.3 is 10.6 Å². The number of fused-ring (bicyclic) bond motifs is 2. The van der Waals surface area contributed by atoms with E-state index in [9.17, 15) is 4.79 Å². The van der Waals surface area contributed by atoms with E-state index in [2.05, 4.69) is 15.5 Å². The van der Waals surface area contributed by atoms with E-state index >= 15 is 0 Å². The third-order valence-corrected chi connectivity index (χ3v) is 3.90. The van der Waals surface area contributed by atoms with Crippen molar-refractivity contribution < 1.29 is 4.79 Å². The van der Waals surface area contributed by atoms with Crippen LogP contribution in [0.25, 0.3) is 0 Å². The molecule has 3 rings (SSSR count). The van der Waals surface area contributed by atoms with Crippen molar-refractivity contribution in [3.63, 3.8) is 0 Å². The maximum absolute atomic E-state index is 11.9. The number of thiocarbonyl (C=S) groups is 1. The topological polar surface area (TPSA) is 44.4 Å². The average Bonchev–Trinajstić information content (AvgIpc) is 2.73. The molecule has 3 aliphatic heterocycles. The van der Waals surface area contributed by atoms with Crippen LogP contribution < -0.4 is 10.6 Å². The smallest absolute Gasteiger partial charge is 0.253 e. The fourth-order valence-corrected chi connectivity index (χ4v) is 3.33. The Balaban J connectivity index is 1.96. The highest BCUT2D eigenvalue weighted by molar-refractivity contribution is 7.80. The zero-order chi connectivity index (χ0) is 9.76. The number of nitrogens with zero attached hydrogens (tertiary/aromatic N) is 1. The molecule has 0 aromatic carbocycles. The van der Waals surface area contributed by atoms with E-state index in [0.717, 1.165) is 25.9 Å². The molecule has 3 heterocycles. The summed E-state index contributed by atoms with van der Waals surface area (Å²) in [6.07, 6.45) is 3.21. The molecule has 0 aromatic rings. The van der Waals surface area contributed by atoms with Crippen LogP contribution in [-0.2, 0) is 4.79 Å². The summed E-state index contributed by atoms with van der Waals surface area (Å²) in [5.41, 5.74) is -0.395. The molecule has 2 N–H and O–H groups in total. The lowest BCUT2D eigenvalue weighted by atomic mass is 9.89. The van der Waals surface area contributed by atoms with Crippen molar-refractivity contribution in [2.45, 2.75) is 30.8 Å².